The van der Waals surface area contributed by atoms with Crippen molar-refractivity contribution >= 4 is 0 Å². The molecule has 0 N–H and O–H groups in total. The van der Waals surface area contributed by atoms with E-state index < -0.39 is 0 Å². The molecule has 0 aromatic heterocycles. The van der Waals surface area contributed by atoms with Gasteiger partial charge in [0.05, 0.1) is 0 Å². The van der Waals surface area contributed by atoms with E-state index in [0.29, 0.717) is 0 Å². The number of hydrogen-bond acceptors (Lipinski definition) is 0. The van der Waals surface area contributed by atoms with Gasteiger partial charge < -0.3 is 0 Å². The zero-order valence-corrected chi connectivity index (χ0v) is 7.90. The molecule has 0 aliphatic heterocycles. The lowest BCUT2D eigenvalue weighted by Gasteiger charge is -1.99. The molecule has 0 aliphatic rings. The molecule has 0 radical (unpaired) electrons. The Labute approximate surface area is 71.0 Å². The van der Waals surface area contributed by atoms with E-state index in [0.717, 1.165) is 0 Å². The first kappa shape index (κ1) is 10.5. The summed E-state index contributed by atoms with van der Waals surface area (Å²) in [5.74, 6) is 0. The highest BCUT2D eigenvalue weighted by molar-refractivity contribution is 5.15. The third-order valence-corrected chi connectivity index (χ3v) is 1.78. The highest BCUT2D eigenvalue weighted by Gasteiger charge is 1.89. The van der Waals surface area contributed by atoms with E-state index >= 15 is 0 Å². The minimum Gasteiger partial charge on any atom is -0.0988 e. The van der Waals surface area contributed by atoms with Gasteiger partial charge in [-0.15, -0.1) is 0 Å². The van der Waals surface area contributed by atoms with E-state index in [1.54, 1.807) is 0 Å². The fourth-order valence-corrected chi connectivity index (χ4v) is 0.998. The minimum atomic E-state index is 1.20. The van der Waals surface area contributed by atoms with Crippen molar-refractivity contribution in [2.75, 3.05) is 0 Å². The summed E-state index contributed by atoms with van der Waals surface area (Å²) in [4.78, 5) is 0. The largest absolute Gasteiger partial charge is 0.0988 e. The Hall–Kier alpha value is -0.520. The Bertz CT molecular complexity index is 120. The minimum absolute atomic E-state index is 1.20. The number of hydrogen-bond donors (Lipinski definition) is 0. The maximum atomic E-state index is 3.80. The van der Waals surface area contributed by atoms with Gasteiger partial charge in [-0.3, -0.25) is 0 Å². The monoisotopic (exact) mass is 152 g/mol. The molecule has 0 saturated heterocycles. The van der Waals surface area contributed by atoms with Crippen molar-refractivity contribution in [2.45, 2.75) is 46.0 Å². The molecule has 0 nitrogen and oxygen atoms in total. The van der Waals surface area contributed by atoms with Crippen LogP contribution in [-0.2, 0) is 0 Å². The fraction of sp³-hybridized carbons (Fsp3) is 0.636. The second kappa shape index (κ2) is 7.59. The average molecular weight is 152 g/mol. The van der Waals surface area contributed by atoms with Crippen molar-refractivity contribution in [3.63, 3.8) is 0 Å². The van der Waals surface area contributed by atoms with Gasteiger partial charge in [0.2, 0.25) is 0 Å². The molecule has 0 unspecified atom stereocenters. The normalized spacial score (nSPS) is 11.6. The van der Waals surface area contributed by atoms with Gasteiger partial charge in [-0.2, -0.15) is 0 Å². The molecule has 0 heterocycles. The lowest BCUT2D eigenvalue weighted by Crippen LogP contribution is -1.78. The van der Waals surface area contributed by atoms with Crippen LogP contribution in [0.1, 0.15) is 46.0 Å². The second-order valence-electron chi connectivity index (χ2n) is 2.88. The van der Waals surface area contributed by atoms with Gasteiger partial charge >= 0.3 is 0 Å². The lowest BCUT2D eigenvalue weighted by atomic mass is 10.1. The highest BCUT2D eigenvalue weighted by Crippen LogP contribution is 2.09. The van der Waals surface area contributed by atoms with Gasteiger partial charge in [0.1, 0.15) is 0 Å². The Kier molecular flexibility index (Phi) is 7.23. The molecule has 0 heteroatoms. The summed E-state index contributed by atoms with van der Waals surface area (Å²) in [5, 5.41) is 0. The smallest absolute Gasteiger partial charge is 0.0282 e. The Morgan fingerprint density at radius 2 is 2.00 bits per heavy atom. The summed E-state index contributed by atoms with van der Waals surface area (Å²) in [7, 11) is 0. The number of allylic oxidation sites excluding steroid dienone is 3. The van der Waals surface area contributed by atoms with Crippen LogP contribution < -0.4 is 0 Å². The predicted octanol–water partition coefficient (Wildman–Crippen LogP) is 4.09. The first-order valence-electron chi connectivity index (χ1n) is 4.66. The highest BCUT2D eigenvalue weighted by atomic mass is 14.0. The summed E-state index contributed by atoms with van der Waals surface area (Å²) in [5.41, 5.74) is 1.42. The van der Waals surface area contributed by atoms with Crippen molar-refractivity contribution in [3.05, 3.63) is 24.3 Å². The van der Waals surface area contributed by atoms with Crippen LogP contribution in [0.4, 0.5) is 0 Å². The number of rotatable bonds is 6. The van der Waals surface area contributed by atoms with E-state index in [-0.39, 0.29) is 0 Å². The van der Waals surface area contributed by atoms with E-state index in [1.165, 1.54) is 37.7 Å². The summed E-state index contributed by atoms with van der Waals surface area (Å²) in [6.45, 7) is 8.23. The lowest BCUT2D eigenvalue weighted by molar-refractivity contribution is 0.792. The van der Waals surface area contributed by atoms with Crippen molar-refractivity contribution in [1.29, 1.82) is 0 Å². The Morgan fingerprint density at radius 1 is 1.27 bits per heavy atom. The van der Waals surface area contributed by atoms with Crippen LogP contribution in [0.25, 0.3) is 0 Å². The van der Waals surface area contributed by atoms with E-state index in [4.69, 9.17) is 0 Å². The van der Waals surface area contributed by atoms with Crippen molar-refractivity contribution in [1.82, 2.24) is 0 Å². The third-order valence-electron chi connectivity index (χ3n) is 1.78. The topological polar surface area (TPSA) is 0 Å². The molecule has 11 heavy (non-hydrogen) atoms. The molecule has 0 spiro atoms. The first-order chi connectivity index (χ1) is 5.35. The van der Waals surface area contributed by atoms with Gasteiger partial charge in [0.15, 0.2) is 0 Å². The zero-order chi connectivity index (χ0) is 8.53. The van der Waals surface area contributed by atoms with Crippen LogP contribution in [0, 0.1) is 0 Å². The fourth-order valence-electron chi connectivity index (χ4n) is 0.998. The van der Waals surface area contributed by atoms with Crippen molar-refractivity contribution < 1.29 is 0 Å². The Morgan fingerprint density at radius 3 is 2.45 bits per heavy atom. The third kappa shape index (κ3) is 5.90. The van der Waals surface area contributed by atoms with Crippen LogP contribution in [0.3, 0.4) is 0 Å². The number of unbranched alkanes of at least 4 members (excludes halogenated alkanes) is 2. The van der Waals surface area contributed by atoms with E-state index in [2.05, 4.69) is 26.5 Å². The Balaban J connectivity index is 3.64. The van der Waals surface area contributed by atoms with Gasteiger partial charge in [-0.1, -0.05) is 51.0 Å². The zero-order valence-electron chi connectivity index (χ0n) is 7.90. The maximum absolute atomic E-state index is 3.80. The molecule has 0 rings (SSSR count). The van der Waals surface area contributed by atoms with Gasteiger partial charge in [0, 0.05) is 0 Å². The predicted molar refractivity (Wildman–Crippen MR) is 52.7 cm³/mol. The van der Waals surface area contributed by atoms with Gasteiger partial charge in [0.25, 0.3) is 0 Å². The average Bonchev–Trinajstić information content (AvgIpc) is 2.05. The molecule has 0 saturated carbocycles. The standard InChI is InChI=1S/C11H20/c1-4-7-9-11(6-3)10-8-5-2/h6,9H,3-5,7-8,10H2,1-2H3/b11-9+. The summed E-state index contributed by atoms with van der Waals surface area (Å²) < 4.78 is 0. The molecule has 0 fully saturated rings. The molecule has 64 valence electrons. The van der Waals surface area contributed by atoms with Crippen LogP contribution >= 0.6 is 0 Å². The summed E-state index contributed by atoms with van der Waals surface area (Å²) >= 11 is 0. The molecule has 0 aromatic carbocycles. The maximum Gasteiger partial charge on any atom is -0.0282 e. The van der Waals surface area contributed by atoms with Crippen LogP contribution in [0.15, 0.2) is 24.3 Å². The SMILES string of the molecule is C=C/C(=C\CCC)CCCC. The van der Waals surface area contributed by atoms with Gasteiger partial charge in [-0.05, 0) is 19.3 Å². The summed E-state index contributed by atoms with van der Waals surface area (Å²) in [6.07, 6.45) is 10.5. The molecular formula is C11H20. The first-order valence-corrected chi connectivity index (χ1v) is 4.66. The molecule has 0 aromatic rings. The van der Waals surface area contributed by atoms with Crippen LogP contribution in [0.5, 0.6) is 0 Å². The van der Waals surface area contributed by atoms with Gasteiger partial charge in [-0.25, -0.2) is 0 Å². The summed E-state index contributed by atoms with van der Waals surface area (Å²) in [6, 6.07) is 0. The van der Waals surface area contributed by atoms with Crippen LogP contribution in [-0.4, -0.2) is 0 Å². The molecule has 0 aliphatic carbocycles. The van der Waals surface area contributed by atoms with E-state index in [1.807, 2.05) is 6.08 Å². The van der Waals surface area contributed by atoms with Crippen molar-refractivity contribution in [3.8, 4) is 0 Å². The molecular weight excluding hydrogens is 132 g/mol. The quantitative estimate of drug-likeness (QED) is 0.503. The van der Waals surface area contributed by atoms with Crippen LogP contribution in [0.2, 0.25) is 0 Å². The van der Waals surface area contributed by atoms with E-state index in [9.17, 15) is 0 Å². The molecule has 0 amide bonds. The molecule has 0 bridgehead atoms. The van der Waals surface area contributed by atoms with Crippen molar-refractivity contribution in [2.24, 2.45) is 0 Å². The molecule has 0 atom stereocenters. The second-order valence-corrected chi connectivity index (χ2v) is 2.88.